The van der Waals surface area contributed by atoms with Crippen molar-refractivity contribution in [2.75, 3.05) is 18.5 Å². The number of aromatic nitrogens is 2. The smallest absolute Gasteiger partial charge is 0.160 e. The van der Waals surface area contributed by atoms with Crippen LogP contribution in [0.1, 0.15) is 64.2 Å². The molecule has 0 saturated carbocycles. The van der Waals surface area contributed by atoms with Gasteiger partial charge in [0.25, 0.3) is 0 Å². The number of hydrogen-bond donors (Lipinski definition) is 1. The maximum atomic E-state index is 5.84. The van der Waals surface area contributed by atoms with Crippen LogP contribution in [-0.4, -0.2) is 23.1 Å². The first kappa shape index (κ1) is 16.9. The molecule has 4 nitrogen and oxygen atoms in total. The van der Waals surface area contributed by atoms with Crippen molar-refractivity contribution in [2.24, 2.45) is 5.92 Å². The lowest BCUT2D eigenvalue weighted by Gasteiger charge is -2.22. The van der Waals surface area contributed by atoms with Crippen molar-refractivity contribution in [3.63, 3.8) is 0 Å². The first-order valence-corrected chi connectivity index (χ1v) is 7.77. The molecule has 20 heavy (non-hydrogen) atoms. The molecule has 114 valence electrons. The molecule has 1 atom stereocenters. The quantitative estimate of drug-likeness (QED) is 0.784. The average molecular weight is 279 g/mol. The zero-order valence-electron chi connectivity index (χ0n) is 13.8. The van der Waals surface area contributed by atoms with Crippen LogP contribution in [0.2, 0.25) is 0 Å². The molecule has 0 bridgehead atoms. The largest absolute Gasteiger partial charge is 0.370 e. The monoisotopic (exact) mass is 279 g/mol. The lowest BCUT2D eigenvalue weighted by atomic mass is 10.1. The van der Waals surface area contributed by atoms with Crippen LogP contribution in [0.25, 0.3) is 0 Å². The lowest BCUT2D eigenvalue weighted by Crippen LogP contribution is -2.18. The van der Waals surface area contributed by atoms with Crippen LogP contribution in [0.4, 0.5) is 5.82 Å². The van der Waals surface area contributed by atoms with Crippen molar-refractivity contribution < 1.29 is 4.74 Å². The maximum absolute atomic E-state index is 5.84. The van der Waals surface area contributed by atoms with E-state index < -0.39 is 0 Å². The van der Waals surface area contributed by atoms with Gasteiger partial charge in [0.1, 0.15) is 11.9 Å². The fraction of sp³-hybridized carbons (Fsp3) is 0.750. The molecule has 0 aromatic carbocycles. The SMILES string of the molecule is CCCNc1nc(C(OCC)C(C)C)nc(CC)c1C. The Balaban J connectivity index is 3.17. The molecule has 0 radical (unpaired) electrons. The number of hydrogen-bond acceptors (Lipinski definition) is 4. The van der Waals surface area contributed by atoms with Crippen molar-refractivity contribution in [3.05, 3.63) is 17.1 Å². The minimum Gasteiger partial charge on any atom is -0.370 e. The molecule has 1 N–H and O–H groups in total. The van der Waals surface area contributed by atoms with Crippen LogP contribution in [0.15, 0.2) is 0 Å². The molecular formula is C16H29N3O. The predicted octanol–water partition coefficient (Wildman–Crippen LogP) is 3.90. The van der Waals surface area contributed by atoms with E-state index in [9.17, 15) is 0 Å². The number of nitrogens with zero attached hydrogens (tertiary/aromatic N) is 2. The van der Waals surface area contributed by atoms with E-state index in [-0.39, 0.29) is 6.10 Å². The summed E-state index contributed by atoms with van der Waals surface area (Å²) in [5, 5.41) is 3.41. The standard InChI is InChI=1S/C16H29N3O/c1-7-10-17-15-12(6)13(8-2)18-16(19-15)14(11(4)5)20-9-3/h11,14H,7-10H2,1-6H3,(H,17,18,19). The Morgan fingerprint density at radius 1 is 1.15 bits per heavy atom. The van der Waals surface area contributed by atoms with Crippen molar-refractivity contribution in [1.82, 2.24) is 9.97 Å². The number of anilines is 1. The number of aryl methyl sites for hydroxylation is 1. The Hall–Kier alpha value is -1.16. The van der Waals surface area contributed by atoms with Gasteiger partial charge in [-0.2, -0.15) is 0 Å². The molecule has 0 aliphatic carbocycles. The summed E-state index contributed by atoms with van der Waals surface area (Å²) in [6, 6.07) is 0. The Labute approximate surface area is 123 Å². The van der Waals surface area contributed by atoms with Crippen molar-refractivity contribution >= 4 is 5.82 Å². The highest BCUT2D eigenvalue weighted by molar-refractivity contribution is 5.46. The molecule has 1 heterocycles. The van der Waals surface area contributed by atoms with Gasteiger partial charge in [0.2, 0.25) is 0 Å². The van der Waals surface area contributed by atoms with Crippen LogP contribution in [0.5, 0.6) is 0 Å². The number of rotatable bonds is 8. The van der Waals surface area contributed by atoms with Gasteiger partial charge in [-0.3, -0.25) is 0 Å². The Bertz CT molecular complexity index is 418. The third-order valence-corrected chi connectivity index (χ3v) is 3.35. The fourth-order valence-corrected chi connectivity index (χ4v) is 2.21. The predicted molar refractivity (Wildman–Crippen MR) is 84.1 cm³/mol. The Kier molecular flexibility index (Phi) is 6.93. The van der Waals surface area contributed by atoms with E-state index in [1.54, 1.807) is 0 Å². The van der Waals surface area contributed by atoms with Crippen LogP contribution < -0.4 is 5.32 Å². The van der Waals surface area contributed by atoms with Crippen LogP contribution in [-0.2, 0) is 11.2 Å². The lowest BCUT2D eigenvalue weighted by molar-refractivity contribution is 0.0231. The summed E-state index contributed by atoms with van der Waals surface area (Å²) in [6.45, 7) is 14.3. The summed E-state index contributed by atoms with van der Waals surface area (Å²) in [7, 11) is 0. The average Bonchev–Trinajstić information content (AvgIpc) is 2.43. The summed E-state index contributed by atoms with van der Waals surface area (Å²) in [6.07, 6.45) is 1.96. The molecule has 0 fully saturated rings. The second-order valence-corrected chi connectivity index (χ2v) is 5.40. The van der Waals surface area contributed by atoms with Gasteiger partial charge in [-0.1, -0.05) is 27.7 Å². The number of ether oxygens (including phenoxy) is 1. The summed E-state index contributed by atoms with van der Waals surface area (Å²) in [4.78, 5) is 9.43. The first-order valence-electron chi connectivity index (χ1n) is 7.77. The molecule has 0 spiro atoms. The van der Waals surface area contributed by atoms with E-state index in [1.807, 2.05) is 6.92 Å². The summed E-state index contributed by atoms with van der Waals surface area (Å²) < 4.78 is 5.84. The molecule has 1 unspecified atom stereocenters. The van der Waals surface area contributed by atoms with Crippen molar-refractivity contribution in [1.29, 1.82) is 0 Å². The second kappa shape index (κ2) is 8.20. The van der Waals surface area contributed by atoms with E-state index in [0.29, 0.717) is 12.5 Å². The van der Waals surface area contributed by atoms with Gasteiger partial charge in [0.05, 0.1) is 0 Å². The zero-order chi connectivity index (χ0) is 15.1. The van der Waals surface area contributed by atoms with Crippen molar-refractivity contribution in [2.45, 2.75) is 60.5 Å². The highest BCUT2D eigenvalue weighted by Gasteiger charge is 2.21. The molecular weight excluding hydrogens is 250 g/mol. The normalized spacial score (nSPS) is 12.8. The fourth-order valence-electron chi connectivity index (χ4n) is 2.21. The Morgan fingerprint density at radius 3 is 2.35 bits per heavy atom. The molecule has 4 heteroatoms. The molecule has 1 aromatic heterocycles. The zero-order valence-corrected chi connectivity index (χ0v) is 13.8. The topological polar surface area (TPSA) is 47.0 Å². The van der Waals surface area contributed by atoms with E-state index >= 15 is 0 Å². The van der Waals surface area contributed by atoms with Gasteiger partial charge < -0.3 is 10.1 Å². The minimum atomic E-state index is -0.0342. The first-order chi connectivity index (χ1) is 9.54. The van der Waals surface area contributed by atoms with Crippen LogP contribution in [0.3, 0.4) is 0 Å². The van der Waals surface area contributed by atoms with E-state index in [2.05, 4.69) is 39.9 Å². The minimum absolute atomic E-state index is 0.0342. The summed E-state index contributed by atoms with van der Waals surface area (Å²) in [5.41, 5.74) is 2.27. The maximum Gasteiger partial charge on any atom is 0.160 e. The highest BCUT2D eigenvalue weighted by Crippen LogP contribution is 2.26. The molecule has 0 aliphatic heterocycles. The van der Waals surface area contributed by atoms with Crippen LogP contribution >= 0.6 is 0 Å². The van der Waals surface area contributed by atoms with Gasteiger partial charge >= 0.3 is 0 Å². The van der Waals surface area contributed by atoms with Gasteiger partial charge in [-0.25, -0.2) is 9.97 Å². The highest BCUT2D eigenvalue weighted by atomic mass is 16.5. The molecule has 1 aromatic rings. The molecule has 0 saturated heterocycles. The van der Waals surface area contributed by atoms with E-state index in [0.717, 1.165) is 42.3 Å². The van der Waals surface area contributed by atoms with E-state index in [1.165, 1.54) is 0 Å². The van der Waals surface area contributed by atoms with Crippen LogP contribution in [0, 0.1) is 12.8 Å². The van der Waals surface area contributed by atoms with Gasteiger partial charge in [0.15, 0.2) is 5.82 Å². The third-order valence-electron chi connectivity index (χ3n) is 3.35. The molecule has 0 amide bonds. The second-order valence-electron chi connectivity index (χ2n) is 5.40. The third kappa shape index (κ3) is 4.17. The van der Waals surface area contributed by atoms with Crippen molar-refractivity contribution in [3.8, 4) is 0 Å². The molecule has 0 aliphatic rings. The summed E-state index contributed by atoms with van der Waals surface area (Å²) in [5.74, 6) is 2.13. The molecule has 1 rings (SSSR count). The Morgan fingerprint density at radius 2 is 1.85 bits per heavy atom. The summed E-state index contributed by atoms with van der Waals surface area (Å²) >= 11 is 0. The van der Waals surface area contributed by atoms with Gasteiger partial charge in [-0.05, 0) is 32.6 Å². The number of nitrogens with one attached hydrogen (secondary N) is 1. The van der Waals surface area contributed by atoms with E-state index in [4.69, 9.17) is 14.7 Å². The van der Waals surface area contributed by atoms with Gasteiger partial charge in [-0.15, -0.1) is 0 Å². The van der Waals surface area contributed by atoms with Gasteiger partial charge in [0, 0.05) is 24.4 Å².